The molecule has 0 saturated heterocycles. The Hall–Kier alpha value is -3.68. The Morgan fingerprint density at radius 2 is 1.71 bits per heavy atom. The lowest BCUT2D eigenvalue weighted by atomic mass is 10.0. The lowest BCUT2D eigenvalue weighted by molar-refractivity contribution is -0.148. The number of carbonyl (C=O) groups is 4. The van der Waals surface area contributed by atoms with Gasteiger partial charge in [0.25, 0.3) is 11.8 Å². The van der Waals surface area contributed by atoms with Crippen molar-refractivity contribution < 1.29 is 28.7 Å². The molecule has 2 aromatic carbocycles. The van der Waals surface area contributed by atoms with E-state index in [0.717, 1.165) is 16.2 Å². The van der Waals surface area contributed by atoms with Crippen LogP contribution in [0.25, 0.3) is 0 Å². The van der Waals surface area contributed by atoms with Crippen LogP contribution >= 0.6 is 0 Å². The number of benzene rings is 2. The van der Waals surface area contributed by atoms with E-state index in [9.17, 15) is 19.2 Å². The summed E-state index contributed by atoms with van der Waals surface area (Å²) in [5.41, 5.74) is 2.25. The summed E-state index contributed by atoms with van der Waals surface area (Å²) in [7, 11) is 0. The number of hydrogen-bond donors (Lipinski definition) is 1. The molecule has 0 spiro atoms. The van der Waals surface area contributed by atoms with E-state index in [4.69, 9.17) is 9.47 Å². The van der Waals surface area contributed by atoms with E-state index in [1.807, 2.05) is 0 Å². The van der Waals surface area contributed by atoms with E-state index in [2.05, 4.69) is 5.32 Å². The van der Waals surface area contributed by atoms with Gasteiger partial charge in [-0.2, -0.15) is 0 Å². The zero-order valence-electron chi connectivity index (χ0n) is 14.8. The first-order valence-corrected chi connectivity index (χ1v) is 8.69. The Morgan fingerprint density at radius 1 is 1.00 bits per heavy atom. The van der Waals surface area contributed by atoms with E-state index in [0.29, 0.717) is 29.7 Å². The highest BCUT2D eigenvalue weighted by molar-refractivity contribution is 6.21. The molecule has 2 aliphatic heterocycles. The van der Waals surface area contributed by atoms with Crippen molar-refractivity contribution >= 4 is 29.4 Å². The lowest BCUT2D eigenvalue weighted by Gasteiger charge is -2.18. The van der Waals surface area contributed by atoms with Crippen molar-refractivity contribution in [2.45, 2.75) is 12.8 Å². The van der Waals surface area contributed by atoms with Crippen molar-refractivity contribution in [2.24, 2.45) is 0 Å². The maximum Gasteiger partial charge on any atom is 0.345 e. The van der Waals surface area contributed by atoms with E-state index in [1.165, 1.54) is 0 Å². The minimum absolute atomic E-state index is 0.0297. The predicted molar refractivity (Wildman–Crippen MR) is 96.8 cm³/mol. The summed E-state index contributed by atoms with van der Waals surface area (Å²) < 4.78 is 10.4. The Bertz CT molecular complexity index is 965. The van der Waals surface area contributed by atoms with E-state index < -0.39 is 24.5 Å². The molecule has 28 heavy (non-hydrogen) atoms. The molecule has 0 unspecified atom stereocenters. The zero-order valence-corrected chi connectivity index (χ0v) is 14.8. The van der Waals surface area contributed by atoms with Crippen LogP contribution in [-0.2, 0) is 20.7 Å². The summed E-state index contributed by atoms with van der Waals surface area (Å²) in [6.07, 6.45) is 1.00. The number of imide groups is 1. The summed E-state index contributed by atoms with van der Waals surface area (Å²) in [6, 6.07) is 11.5. The van der Waals surface area contributed by atoms with Gasteiger partial charge in [0, 0.05) is 12.1 Å². The van der Waals surface area contributed by atoms with E-state index in [1.54, 1.807) is 42.5 Å². The van der Waals surface area contributed by atoms with E-state index in [-0.39, 0.29) is 12.5 Å². The third kappa shape index (κ3) is 3.32. The smallest absolute Gasteiger partial charge is 0.345 e. The zero-order chi connectivity index (χ0) is 19.7. The van der Waals surface area contributed by atoms with Crippen LogP contribution in [0.3, 0.4) is 0 Å². The van der Waals surface area contributed by atoms with Crippen molar-refractivity contribution in [3.63, 3.8) is 0 Å². The standard InChI is InChI=1S/C20H16N2O6/c23-17-8-5-12-9-13(6-7-16(12)21-17)27-10-18(24)28-11-22-19(25)14-3-1-2-4-15(14)20(22)26/h1-4,6-7,9H,5,8,10-11H2,(H,21,23). The molecule has 3 amide bonds. The van der Waals surface area contributed by atoms with Crippen molar-refractivity contribution in [3.8, 4) is 5.75 Å². The van der Waals surface area contributed by atoms with Crippen LogP contribution in [0.4, 0.5) is 5.69 Å². The molecule has 4 rings (SSSR count). The SMILES string of the molecule is O=C1CCc2cc(OCC(=O)OCN3C(=O)c4ccccc4C3=O)ccc2N1. The Morgan fingerprint density at radius 3 is 2.43 bits per heavy atom. The highest BCUT2D eigenvalue weighted by Gasteiger charge is 2.35. The normalized spacial score (nSPS) is 15.0. The second kappa shape index (κ2) is 7.15. The molecular weight excluding hydrogens is 364 g/mol. The maximum atomic E-state index is 12.2. The number of amides is 3. The van der Waals surface area contributed by atoms with Gasteiger partial charge in [-0.25, -0.2) is 9.69 Å². The number of anilines is 1. The molecule has 1 N–H and O–H groups in total. The maximum absolute atomic E-state index is 12.2. The van der Waals surface area contributed by atoms with Gasteiger partial charge in [0.2, 0.25) is 5.91 Å². The summed E-state index contributed by atoms with van der Waals surface area (Å²) in [4.78, 5) is 48.6. The first-order valence-electron chi connectivity index (χ1n) is 8.69. The van der Waals surface area contributed by atoms with Gasteiger partial charge in [-0.3, -0.25) is 14.4 Å². The fourth-order valence-electron chi connectivity index (χ4n) is 3.13. The third-order valence-electron chi connectivity index (χ3n) is 4.56. The molecule has 0 fully saturated rings. The number of fused-ring (bicyclic) bond motifs is 2. The molecular formula is C20H16N2O6. The molecule has 0 radical (unpaired) electrons. The Kier molecular flexibility index (Phi) is 4.52. The Labute approximate surface area is 160 Å². The number of nitrogens with one attached hydrogen (secondary N) is 1. The van der Waals surface area contributed by atoms with Crippen molar-refractivity contribution in [3.05, 3.63) is 59.2 Å². The number of carbonyl (C=O) groups excluding carboxylic acids is 4. The van der Waals surface area contributed by atoms with Crippen LogP contribution in [0.2, 0.25) is 0 Å². The van der Waals surface area contributed by atoms with Crippen LogP contribution in [0.15, 0.2) is 42.5 Å². The summed E-state index contributed by atoms with van der Waals surface area (Å²) in [6.45, 7) is -0.834. The van der Waals surface area contributed by atoms with Crippen LogP contribution in [0.5, 0.6) is 5.75 Å². The highest BCUT2D eigenvalue weighted by atomic mass is 16.6. The fourth-order valence-corrected chi connectivity index (χ4v) is 3.13. The molecule has 142 valence electrons. The number of hydrogen-bond acceptors (Lipinski definition) is 6. The molecule has 0 aromatic heterocycles. The second-order valence-electron chi connectivity index (χ2n) is 6.39. The minimum Gasteiger partial charge on any atom is -0.482 e. The molecule has 0 saturated carbocycles. The molecule has 2 aromatic rings. The number of ether oxygens (including phenoxy) is 2. The van der Waals surface area contributed by atoms with Crippen molar-refractivity contribution in [1.82, 2.24) is 4.90 Å². The summed E-state index contributed by atoms with van der Waals surface area (Å²) in [5, 5.41) is 2.76. The van der Waals surface area contributed by atoms with Crippen LogP contribution in [0, 0.1) is 0 Å². The molecule has 2 aliphatic rings. The Balaban J connectivity index is 1.31. The van der Waals surface area contributed by atoms with Crippen molar-refractivity contribution in [1.29, 1.82) is 0 Å². The number of esters is 1. The largest absolute Gasteiger partial charge is 0.482 e. The first-order chi connectivity index (χ1) is 13.5. The third-order valence-corrected chi connectivity index (χ3v) is 4.56. The van der Waals surface area contributed by atoms with Gasteiger partial charge in [-0.05, 0) is 42.3 Å². The monoisotopic (exact) mass is 380 g/mol. The predicted octanol–water partition coefficient (Wildman–Crippen LogP) is 1.75. The van der Waals surface area contributed by atoms with Gasteiger partial charge in [0.1, 0.15) is 5.75 Å². The highest BCUT2D eigenvalue weighted by Crippen LogP contribution is 2.27. The number of rotatable bonds is 5. The molecule has 0 aliphatic carbocycles. The molecule has 8 heteroatoms. The van der Waals surface area contributed by atoms with E-state index >= 15 is 0 Å². The van der Waals surface area contributed by atoms with Crippen LogP contribution in [-0.4, -0.2) is 41.9 Å². The van der Waals surface area contributed by atoms with Crippen molar-refractivity contribution in [2.75, 3.05) is 18.7 Å². The summed E-state index contributed by atoms with van der Waals surface area (Å²) >= 11 is 0. The van der Waals surface area contributed by atoms with Gasteiger partial charge in [-0.15, -0.1) is 0 Å². The van der Waals surface area contributed by atoms with Gasteiger partial charge >= 0.3 is 5.97 Å². The number of nitrogens with zero attached hydrogens (tertiary/aromatic N) is 1. The molecule has 8 nitrogen and oxygen atoms in total. The van der Waals surface area contributed by atoms with Crippen LogP contribution in [0.1, 0.15) is 32.7 Å². The van der Waals surface area contributed by atoms with Gasteiger partial charge < -0.3 is 14.8 Å². The van der Waals surface area contributed by atoms with Crippen LogP contribution < -0.4 is 10.1 Å². The molecule has 0 atom stereocenters. The van der Waals surface area contributed by atoms with Gasteiger partial charge in [0.05, 0.1) is 11.1 Å². The quantitative estimate of drug-likeness (QED) is 0.626. The first kappa shape index (κ1) is 17.7. The average molecular weight is 380 g/mol. The topological polar surface area (TPSA) is 102 Å². The summed E-state index contributed by atoms with van der Waals surface area (Å²) in [5.74, 6) is -1.26. The van der Waals surface area contributed by atoms with Gasteiger partial charge in [0.15, 0.2) is 13.3 Å². The fraction of sp³-hybridized carbons (Fsp3) is 0.200. The average Bonchev–Trinajstić information content (AvgIpc) is 2.95. The second-order valence-corrected chi connectivity index (χ2v) is 6.39. The van der Waals surface area contributed by atoms with Gasteiger partial charge in [-0.1, -0.05) is 12.1 Å². The number of aryl methyl sites for hydroxylation is 1. The lowest BCUT2D eigenvalue weighted by Crippen LogP contribution is -2.34. The molecule has 2 heterocycles. The minimum atomic E-state index is -0.706. The molecule has 0 bridgehead atoms.